The molecule has 1 fully saturated rings. The van der Waals surface area contributed by atoms with Crippen LogP contribution in [0, 0.1) is 0 Å². The maximum atomic E-state index is 12.0. The molecule has 0 aliphatic heterocycles. The molecule has 4 N–H and O–H groups in total. The Morgan fingerprint density at radius 1 is 1.47 bits per heavy atom. The second-order valence-corrected chi connectivity index (χ2v) is 5.94. The fourth-order valence-electron chi connectivity index (χ4n) is 1.84. The molecule has 0 unspecified atom stereocenters. The second kappa shape index (κ2) is 4.41. The van der Waals surface area contributed by atoms with Crippen molar-refractivity contribution in [3.05, 3.63) is 17.9 Å². The van der Waals surface area contributed by atoms with E-state index in [1.807, 2.05) is 0 Å². The summed E-state index contributed by atoms with van der Waals surface area (Å²) in [5, 5.41) is 9.07. The fourth-order valence-corrected chi connectivity index (χ4v) is 3.25. The number of hydrogen-bond donors (Lipinski definition) is 3. The highest BCUT2D eigenvalue weighted by atomic mass is 32.2. The highest BCUT2D eigenvalue weighted by molar-refractivity contribution is 7.89. The van der Waals surface area contributed by atoms with Crippen LogP contribution >= 0.6 is 0 Å². The number of furan rings is 1. The van der Waals surface area contributed by atoms with Gasteiger partial charge in [0.05, 0.1) is 18.7 Å². The second-order valence-electron chi connectivity index (χ2n) is 4.32. The van der Waals surface area contributed by atoms with Crippen molar-refractivity contribution in [1.29, 1.82) is 0 Å². The first-order valence-electron chi connectivity index (χ1n) is 5.45. The molecule has 2 rings (SSSR count). The van der Waals surface area contributed by atoms with Crippen molar-refractivity contribution in [2.45, 2.75) is 36.4 Å². The van der Waals surface area contributed by atoms with Crippen molar-refractivity contribution in [2.24, 2.45) is 5.73 Å². The maximum Gasteiger partial charge on any atom is 0.274 e. The summed E-state index contributed by atoms with van der Waals surface area (Å²) in [6.07, 6.45) is 2.20. The normalized spacial score (nSPS) is 18.9. The highest BCUT2D eigenvalue weighted by Crippen LogP contribution is 2.33. The summed E-state index contributed by atoms with van der Waals surface area (Å²) in [6, 6.07) is 2.90. The predicted octanol–water partition coefficient (Wildman–Crippen LogP) is -0.0684. The van der Waals surface area contributed by atoms with E-state index in [9.17, 15) is 13.5 Å². The lowest BCUT2D eigenvalue weighted by molar-refractivity contribution is 0.110. The van der Waals surface area contributed by atoms with Gasteiger partial charge in [-0.3, -0.25) is 0 Å². The van der Waals surface area contributed by atoms with E-state index in [1.54, 1.807) is 0 Å². The van der Waals surface area contributed by atoms with Crippen molar-refractivity contribution in [2.75, 3.05) is 6.61 Å². The highest BCUT2D eigenvalue weighted by Gasteiger charge is 2.41. The number of nitrogens with one attached hydrogen (secondary N) is 1. The third kappa shape index (κ3) is 2.37. The molecule has 0 amide bonds. The van der Waals surface area contributed by atoms with Gasteiger partial charge in [-0.2, -0.15) is 0 Å². The van der Waals surface area contributed by atoms with Gasteiger partial charge in [-0.25, -0.2) is 13.1 Å². The van der Waals surface area contributed by atoms with Crippen LogP contribution in [0.1, 0.15) is 25.0 Å². The Labute approximate surface area is 99.9 Å². The first-order chi connectivity index (χ1) is 8.01. The van der Waals surface area contributed by atoms with Gasteiger partial charge in [0.25, 0.3) is 10.0 Å². The van der Waals surface area contributed by atoms with E-state index in [0.29, 0.717) is 18.6 Å². The molecular formula is C10H16N2O4S. The molecule has 96 valence electrons. The van der Waals surface area contributed by atoms with E-state index in [2.05, 4.69) is 4.72 Å². The third-order valence-corrected chi connectivity index (χ3v) is 4.52. The lowest BCUT2D eigenvalue weighted by atomic mass is 9.78. The smallest absolute Gasteiger partial charge is 0.274 e. The summed E-state index contributed by atoms with van der Waals surface area (Å²) in [5.41, 5.74) is 4.63. The van der Waals surface area contributed by atoms with Gasteiger partial charge in [0.15, 0.2) is 0 Å². The number of rotatable bonds is 5. The van der Waals surface area contributed by atoms with Crippen LogP contribution in [0.5, 0.6) is 0 Å². The van der Waals surface area contributed by atoms with Gasteiger partial charge in [0.1, 0.15) is 5.76 Å². The van der Waals surface area contributed by atoms with E-state index in [4.69, 9.17) is 10.2 Å². The Balaban J connectivity index is 2.18. The number of aliphatic hydroxyl groups excluding tert-OH is 1. The van der Waals surface area contributed by atoms with E-state index < -0.39 is 15.6 Å². The first-order valence-corrected chi connectivity index (χ1v) is 6.93. The maximum absolute atomic E-state index is 12.0. The van der Waals surface area contributed by atoms with Crippen molar-refractivity contribution in [3.63, 3.8) is 0 Å². The molecule has 1 aliphatic carbocycles. The number of hydrogen-bond acceptors (Lipinski definition) is 5. The predicted molar refractivity (Wildman–Crippen MR) is 60.6 cm³/mol. The van der Waals surface area contributed by atoms with Crippen molar-refractivity contribution in [3.8, 4) is 0 Å². The molecule has 0 aromatic carbocycles. The van der Waals surface area contributed by atoms with Crippen molar-refractivity contribution < 1.29 is 17.9 Å². The van der Waals surface area contributed by atoms with Gasteiger partial charge < -0.3 is 15.3 Å². The van der Waals surface area contributed by atoms with Crippen LogP contribution in [0.2, 0.25) is 0 Å². The summed E-state index contributed by atoms with van der Waals surface area (Å²) in [4.78, 5) is 0. The lowest BCUT2D eigenvalue weighted by Gasteiger charge is -2.40. The van der Waals surface area contributed by atoms with Crippen molar-refractivity contribution >= 4 is 10.0 Å². The minimum atomic E-state index is -3.71. The Morgan fingerprint density at radius 3 is 2.59 bits per heavy atom. The van der Waals surface area contributed by atoms with Crippen LogP contribution in [0.4, 0.5) is 0 Å². The fraction of sp³-hybridized carbons (Fsp3) is 0.600. The molecule has 0 atom stereocenters. The van der Waals surface area contributed by atoms with Crippen LogP contribution in [0.25, 0.3) is 0 Å². The Hall–Kier alpha value is -0.890. The standard InChI is InChI=1S/C10H16N2O4S/c11-6-8-2-3-9(16-8)17(14,15)12-10(7-13)4-1-5-10/h2-3,12-13H,1,4-7,11H2. The van der Waals surface area contributed by atoms with Gasteiger partial charge in [0, 0.05) is 0 Å². The molecule has 17 heavy (non-hydrogen) atoms. The number of nitrogens with two attached hydrogens (primary N) is 1. The zero-order valence-electron chi connectivity index (χ0n) is 9.35. The minimum absolute atomic E-state index is 0.153. The largest absolute Gasteiger partial charge is 0.447 e. The topological polar surface area (TPSA) is 106 Å². The van der Waals surface area contributed by atoms with E-state index >= 15 is 0 Å². The van der Waals surface area contributed by atoms with Crippen LogP contribution in [-0.4, -0.2) is 25.7 Å². The molecule has 1 saturated carbocycles. The molecule has 1 aliphatic rings. The van der Waals surface area contributed by atoms with Gasteiger partial charge in [-0.15, -0.1) is 0 Å². The third-order valence-electron chi connectivity index (χ3n) is 3.07. The number of aliphatic hydroxyl groups is 1. The lowest BCUT2D eigenvalue weighted by Crippen LogP contribution is -2.55. The van der Waals surface area contributed by atoms with E-state index in [0.717, 1.165) is 6.42 Å². The SMILES string of the molecule is NCc1ccc(S(=O)(=O)NC2(CO)CCC2)o1. The molecule has 6 nitrogen and oxygen atoms in total. The zero-order valence-corrected chi connectivity index (χ0v) is 10.2. The minimum Gasteiger partial charge on any atom is -0.447 e. The van der Waals surface area contributed by atoms with Gasteiger partial charge in [0.2, 0.25) is 5.09 Å². The Morgan fingerprint density at radius 2 is 2.18 bits per heavy atom. The quantitative estimate of drug-likeness (QED) is 0.687. The molecule has 7 heteroatoms. The van der Waals surface area contributed by atoms with Gasteiger partial charge >= 0.3 is 0 Å². The molecular weight excluding hydrogens is 244 g/mol. The average molecular weight is 260 g/mol. The molecule has 0 radical (unpaired) electrons. The Bertz CT molecular complexity index is 485. The summed E-state index contributed by atoms with van der Waals surface area (Å²) < 4.78 is 31.5. The summed E-state index contributed by atoms with van der Waals surface area (Å²) in [5.74, 6) is 0.414. The van der Waals surface area contributed by atoms with Crippen LogP contribution in [0.3, 0.4) is 0 Å². The molecule has 0 bridgehead atoms. The van der Waals surface area contributed by atoms with E-state index in [-0.39, 0.29) is 18.2 Å². The summed E-state index contributed by atoms with van der Waals surface area (Å²) in [7, 11) is -3.71. The van der Waals surface area contributed by atoms with Crippen LogP contribution < -0.4 is 10.5 Å². The summed E-state index contributed by atoms with van der Waals surface area (Å²) >= 11 is 0. The molecule has 0 saturated heterocycles. The van der Waals surface area contributed by atoms with Gasteiger partial charge in [-0.1, -0.05) is 0 Å². The monoisotopic (exact) mass is 260 g/mol. The van der Waals surface area contributed by atoms with Crippen molar-refractivity contribution in [1.82, 2.24) is 4.72 Å². The molecule has 1 heterocycles. The zero-order chi connectivity index (χ0) is 12.5. The Kier molecular flexibility index (Phi) is 3.26. The van der Waals surface area contributed by atoms with Crippen LogP contribution in [-0.2, 0) is 16.6 Å². The molecule has 1 aromatic heterocycles. The molecule has 0 spiro atoms. The van der Waals surface area contributed by atoms with Gasteiger partial charge in [-0.05, 0) is 31.4 Å². The first kappa shape index (κ1) is 12.6. The average Bonchev–Trinajstić information content (AvgIpc) is 2.72. The van der Waals surface area contributed by atoms with E-state index in [1.165, 1.54) is 12.1 Å². The van der Waals surface area contributed by atoms with Crippen LogP contribution in [0.15, 0.2) is 21.6 Å². The molecule has 1 aromatic rings. The number of sulfonamides is 1. The summed E-state index contributed by atoms with van der Waals surface area (Å²) in [6.45, 7) is -0.0443.